The summed E-state index contributed by atoms with van der Waals surface area (Å²) in [6, 6.07) is 7.67. The molecule has 2 amide bonds. The van der Waals surface area contributed by atoms with E-state index in [0.717, 1.165) is 38.5 Å². The van der Waals surface area contributed by atoms with Crippen molar-refractivity contribution in [1.29, 1.82) is 0 Å². The third-order valence-corrected chi connectivity index (χ3v) is 4.03. The minimum atomic E-state index is -0.228. The van der Waals surface area contributed by atoms with Crippen LogP contribution in [0, 0.1) is 0 Å². The molecule has 1 saturated heterocycles. The molecule has 1 aromatic heterocycles. The predicted molar refractivity (Wildman–Crippen MR) is 94.2 cm³/mol. The van der Waals surface area contributed by atoms with Gasteiger partial charge in [-0.1, -0.05) is 12.1 Å². The molecule has 2 N–H and O–H groups in total. The molecule has 0 radical (unpaired) electrons. The zero-order chi connectivity index (χ0) is 17.5. The Morgan fingerprint density at radius 2 is 2.04 bits per heavy atom. The van der Waals surface area contributed by atoms with Crippen molar-refractivity contribution in [1.82, 2.24) is 25.0 Å². The second-order valence-electron chi connectivity index (χ2n) is 6.20. The molecule has 0 saturated carbocycles. The van der Waals surface area contributed by atoms with E-state index in [2.05, 4.69) is 25.6 Å². The third kappa shape index (κ3) is 5.54. The van der Waals surface area contributed by atoms with Crippen molar-refractivity contribution in [2.24, 2.45) is 0 Å². The molecule has 1 fully saturated rings. The van der Waals surface area contributed by atoms with Gasteiger partial charge in [0, 0.05) is 31.4 Å². The van der Waals surface area contributed by atoms with Gasteiger partial charge in [-0.3, -0.25) is 9.58 Å². The highest BCUT2D eigenvalue weighted by atomic mass is 16.5. The molecule has 1 aliphatic rings. The molecule has 0 aliphatic carbocycles. The number of aromatic nitrogens is 3. The highest BCUT2D eigenvalue weighted by molar-refractivity contribution is 5.89. The zero-order valence-electron chi connectivity index (χ0n) is 14.4. The van der Waals surface area contributed by atoms with Gasteiger partial charge in [0.25, 0.3) is 0 Å². The first-order chi connectivity index (χ1) is 12.2. The van der Waals surface area contributed by atoms with Crippen LogP contribution in [0.4, 0.5) is 10.5 Å². The van der Waals surface area contributed by atoms with Crippen molar-refractivity contribution in [3.05, 3.63) is 42.5 Å². The topological polar surface area (TPSA) is 84.3 Å². The first-order valence-electron chi connectivity index (χ1n) is 8.48. The number of hydrogen-bond donors (Lipinski definition) is 2. The average Bonchev–Trinajstić information content (AvgIpc) is 3.10. The van der Waals surface area contributed by atoms with Crippen LogP contribution in [0.3, 0.4) is 0 Å². The number of nitrogens with zero attached hydrogens (tertiary/aromatic N) is 4. The summed E-state index contributed by atoms with van der Waals surface area (Å²) >= 11 is 0. The standard InChI is InChI=1S/C17H24N6O2/c1-14(10-23-13-18-12-19-23)20-17(24)21-16-4-2-15(3-5-16)11-22-6-8-25-9-7-22/h2-5,12-14H,6-11H2,1H3,(H2,20,21,24)/t14-/m0/s1. The number of rotatable bonds is 6. The van der Waals surface area contributed by atoms with Gasteiger partial charge in [0.2, 0.25) is 0 Å². The van der Waals surface area contributed by atoms with E-state index in [1.165, 1.54) is 11.9 Å². The lowest BCUT2D eigenvalue weighted by Crippen LogP contribution is -2.38. The Hall–Kier alpha value is -2.45. The summed E-state index contributed by atoms with van der Waals surface area (Å²) in [5, 5.41) is 9.77. The maximum absolute atomic E-state index is 12.1. The molecule has 2 aromatic rings. The molecular weight excluding hydrogens is 320 g/mol. The molecule has 0 bridgehead atoms. The van der Waals surface area contributed by atoms with Crippen LogP contribution in [0.1, 0.15) is 12.5 Å². The Morgan fingerprint density at radius 1 is 1.28 bits per heavy atom. The number of nitrogens with one attached hydrogen (secondary N) is 2. The van der Waals surface area contributed by atoms with Crippen LogP contribution in [0.2, 0.25) is 0 Å². The maximum atomic E-state index is 12.1. The van der Waals surface area contributed by atoms with E-state index in [1.807, 2.05) is 31.2 Å². The lowest BCUT2D eigenvalue weighted by molar-refractivity contribution is 0.0342. The number of ether oxygens (including phenoxy) is 1. The van der Waals surface area contributed by atoms with Gasteiger partial charge in [-0.05, 0) is 24.6 Å². The molecule has 0 unspecified atom stereocenters. The van der Waals surface area contributed by atoms with Gasteiger partial charge >= 0.3 is 6.03 Å². The molecule has 1 aliphatic heterocycles. The van der Waals surface area contributed by atoms with Gasteiger partial charge in [-0.25, -0.2) is 9.78 Å². The highest BCUT2D eigenvalue weighted by Crippen LogP contribution is 2.12. The van der Waals surface area contributed by atoms with E-state index in [-0.39, 0.29) is 12.1 Å². The SMILES string of the molecule is C[C@@H](Cn1cncn1)NC(=O)Nc1ccc(CN2CCOCC2)cc1. The number of amides is 2. The number of carbonyl (C=O) groups excluding carboxylic acids is 1. The van der Waals surface area contributed by atoms with E-state index in [0.29, 0.717) is 6.54 Å². The fourth-order valence-electron chi connectivity index (χ4n) is 2.76. The van der Waals surface area contributed by atoms with Gasteiger partial charge in [0.1, 0.15) is 12.7 Å². The number of urea groups is 1. The van der Waals surface area contributed by atoms with Gasteiger partial charge in [-0.15, -0.1) is 0 Å². The minimum absolute atomic E-state index is 0.0534. The monoisotopic (exact) mass is 344 g/mol. The number of anilines is 1. The van der Waals surface area contributed by atoms with Crippen molar-refractivity contribution >= 4 is 11.7 Å². The lowest BCUT2D eigenvalue weighted by atomic mass is 10.2. The Balaban J connectivity index is 1.44. The maximum Gasteiger partial charge on any atom is 0.319 e. The molecule has 25 heavy (non-hydrogen) atoms. The van der Waals surface area contributed by atoms with E-state index in [4.69, 9.17) is 4.74 Å². The molecule has 8 nitrogen and oxygen atoms in total. The largest absolute Gasteiger partial charge is 0.379 e. The van der Waals surface area contributed by atoms with Gasteiger partial charge in [-0.2, -0.15) is 5.10 Å². The van der Waals surface area contributed by atoms with Crippen LogP contribution in [-0.4, -0.2) is 58.0 Å². The van der Waals surface area contributed by atoms with Crippen LogP contribution >= 0.6 is 0 Å². The van der Waals surface area contributed by atoms with E-state index >= 15 is 0 Å². The van der Waals surface area contributed by atoms with Crippen LogP contribution in [0.25, 0.3) is 0 Å². The third-order valence-electron chi connectivity index (χ3n) is 4.03. The Bertz CT molecular complexity index is 652. The first-order valence-corrected chi connectivity index (χ1v) is 8.48. The summed E-state index contributed by atoms with van der Waals surface area (Å²) in [7, 11) is 0. The average molecular weight is 344 g/mol. The van der Waals surface area contributed by atoms with Crippen LogP contribution in [0.5, 0.6) is 0 Å². The number of carbonyl (C=O) groups is 1. The van der Waals surface area contributed by atoms with Gasteiger partial charge in [0.05, 0.1) is 19.8 Å². The van der Waals surface area contributed by atoms with Gasteiger partial charge < -0.3 is 15.4 Å². The second-order valence-corrected chi connectivity index (χ2v) is 6.20. The number of morpholine rings is 1. The summed E-state index contributed by atoms with van der Waals surface area (Å²) in [5.74, 6) is 0. The smallest absolute Gasteiger partial charge is 0.319 e. The Kier molecular flexibility index (Phi) is 5.97. The Morgan fingerprint density at radius 3 is 2.72 bits per heavy atom. The second kappa shape index (κ2) is 8.59. The molecule has 1 atom stereocenters. The molecule has 3 rings (SSSR count). The fraction of sp³-hybridized carbons (Fsp3) is 0.471. The predicted octanol–water partition coefficient (Wildman–Crippen LogP) is 1.32. The molecule has 8 heteroatoms. The van der Waals surface area contributed by atoms with Crippen molar-refractivity contribution in [3.8, 4) is 0 Å². The van der Waals surface area contributed by atoms with Crippen LogP contribution < -0.4 is 10.6 Å². The van der Waals surface area contributed by atoms with Crippen molar-refractivity contribution in [2.45, 2.75) is 26.1 Å². The lowest BCUT2D eigenvalue weighted by Gasteiger charge is -2.26. The molecular formula is C17H24N6O2. The summed E-state index contributed by atoms with van der Waals surface area (Å²) < 4.78 is 7.05. The van der Waals surface area contributed by atoms with Crippen molar-refractivity contribution in [2.75, 3.05) is 31.6 Å². The molecule has 2 heterocycles. The quantitative estimate of drug-likeness (QED) is 0.826. The molecule has 134 valence electrons. The highest BCUT2D eigenvalue weighted by Gasteiger charge is 2.11. The van der Waals surface area contributed by atoms with E-state index in [9.17, 15) is 4.79 Å². The van der Waals surface area contributed by atoms with Crippen molar-refractivity contribution < 1.29 is 9.53 Å². The van der Waals surface area contributed by atoms with Crippen LogP contribution in [0.15, 0.2) is 36.9 Å². The van der Waals surface area contributed by atoms with E-state index < -0.39 is 0 Å². The summed E-state index contributed by atoms with van der Waals surface area (Å²) in [6.45, 7) is 6.93. The Labute approximate surface area is 147 Å². The van der Waals surface area contributed by atoms with E-state index in [1.54, 1.807) is 11.0 Å². The first kappa shape index (κ1) is 17.4. The summed E-state index contributed by atoms with van der Waals surface area (Å²) in [4.78, 5) is 18.3. The van der Waals surface area contributed by atoms with Crippen LogP contribution in [-0.2, 0) is 17.8 Å². The normalized spacial score (nSPS) is 16.4. The van der Waals surface area contributed by atoms with Crippen molar-refractivity contribution in [3.63, 3.8) is 0 Å². The summed E-state index contributed by atoms with van der Waals surface area (Å²) in [6.07, 6.45) is 3.11. The molecule has 0 spiro atoms. The number of benzene rings is 1. The molecule has 1 aromatic carbocycles. The summed E-state index contributed by atoms with van der Waals surface area (Å²) in [5.41, 5.74) is 2.00. The number of hydrogen-bond acceptors (Lipinski definition) is 5. The fourth-order valence-corrected chi connectivity index (χ4v) is 2.76. The van der Waals surface area contributed by atoms with Gasteiger partial charge in [0.15, 0.2) is 0 Å². The zero-order valence-corrected chi connectivity index (χ0v) is 14.4. The minimum Gasteiger partial charge on any atom is -0.379 e.